The van der Waals surface area contributed by atoms with Crippen LogP contribution in [0.15, 0.2) is 42.7 Å². The number of hydrogen-bond acceptors (Lipinski definition) is 5. The van der Waals surface area contributed by atoms with Gasteiger partial charge in [0.1, 0.15) is 17.2 Å². The Kier molecular flexibility index (Phi) is 5.32. The highest BCUT2D eigenvalue weighted by atomic mass is 32.1. The summed E-state index contributed by atoms with van der Waals surface area (Å²) in [6.07, 6.45) is 3.01. The molecule has 0 unspecified atom stereocenters. The van der Waals surface area contributed by atoms with Gasteiger partial charge in [-0.3, -0.25) is 15.2 Å². The summed E-state index contributed by atoms with van der Waals surface area (Å²) >= 11 is 5.04. The molecular formula is C15H16N4O3S. The minimum atomic E-state index is -0.418. The number of nitrogens with two attached hydrogens (primary N) is 1. The standard InChI is InChI=1S/C15H16N4O3S/c1-21-11-6-3-7-12(22-2)13(11)19(15(16)23)18-14(20)10-5-4-8-17-9-10/h3-9H,1-2H3,(H2,16,23)(H,18,20). The quantitative estimate of drug-likeness (QED) is 0.647. The van der Waals surface area contributed by atoms with Crippen LogP contribution in [-0.2, 0) is 0 Å². The number of carbonyl (C=O) groups is 1. The number of aromatic nitrogens is 1. The zero-order valence-electron chi connectivity index (χ0n) is 12.6. The number of hydrazine groups is 1. The van der Waals surface area contributed by atoms with Crippen molar-refractivity contribution >= 4 is 28.9 Å². The highest BCUT2D eigenvalue weighted by molar-refractivity contribution is 7.80. The molecule has 1 amide bonds. The summed E-state index contributed by atoms with van der Waals surface area (Å²) in [5.74, 6) is 0.478. The molecule has 0 spiro atoms. The van der Waals surface area contributed by atoms with Gasteiger partial charge >= 0.3 is 0 Å². The van der Waals surface area contributed by atoms with Crippen molar-refractivity contribution in [2.75, 3.05) is 19.2 Å². The van der Waals surface area contributed by atoms with Gasteiger partial charge in [0, 0.05) is 12.4 Å². The Morgan fingerprint density at radius 1 is 1.22 bits per heavy atom. The zero-order chi connectivity index (χ0) is 16.8. The average Bonchev–Trinajstić information content (AvgIpc) is 2.59. The number of pyridine rings is 1. The van der Waals surface area contributed by atoms with Gasteiger partial charge in [0.15, 0.2) is 5.11 Å². The molecule has 8 heteroatoms. The molecular weight excluding hydrogens is 316 g/mol. The topological polar surface area (TPSA) is 89.7 Å². The summed E-state index contributed by atoms with van der Waals surface area (Å²) in [4.78, 5) is 16.2. The molecule has 0 aliphatic carbocycles. The van der Waals surface area contributed by atoms with Gasteiger partial charge in [-0.25, -0.2) is 5.01 Å². The van der Waals surface area contributed by atoms with Crippen LogP contribution in [0.25, 0.3) is 0 Å². The fourth-order valence-electron chi connectivity index (χ4n) is 1.94. The van der Waals surface area contributed by atoms with Crippen LogP contribution < -0.4 is 25.6 Å². The van der Waals surface area contributed by atoms with E-state index in [-0.39, 0.29) is 5.11 Å². The lowest BCUT2D eigenvalue weighted by Crippen LogP contribution is -2.49. The molecule has 0 aliphatic rings. The van der Waals surface area contributed by atoms with Crippen molar-refractivity contribution in [3.63, 3.8) is 0 Å². The number of nitrogens with zero attached hydrogens (tertiary/aromatic N) is 2. The lowest BCUT2D eigenvalue weighted by Gasteiger charge is -2.26. The molecule has 0 aliphatic heterocycles. The van der Waals surface area contributed by atoms with Crippen molar-refractivity contribution in [2.45, 2.75) is 0 Å². The van der Waals surface area contributed by atoms with Gasteiger partial charge in [-0.2, -0.15) is 0 Å². The molecule has 1 aromatic carbocycles. The van der Waals surface area contributed by atoms with E-state index in [0.717, 1.165) is 0 Å². The van der Waals surface area contributed by atoms with Crippen LogP contribution in [0.4, 0.5) is 5.69 Å². The smallest absolute Gasteiger partial charge is 0.271 e. The second-order valence-corrected chi connectivity index (χ2v) is 4.79. The molecule has 23 heavy (non-hydrogen) atoms. The third-order valence-electron chi connectivity index (χ3n) is 2.98. The average molecular weight is 332 g/mol. The first kappa shape index (κ1) is 16.5. The predicted octanol–water partition coefficient (Wildman–Crippen LogP) is 1.49. The van der Waals surface area contributed by atoms with E-state index in [9.17, 15) is 4.79 Å². The third kappa shape index (κ3) is 3.67. The Morgan fingerprint density at radius 2 is 1.87 bits per heavy atom. The number of ether oxygens (including phenoxy) is 2. The number of para-hydroxylation sites is 1. The maximum atomic E-state index is 12.3. The molecule has 0 saturated heterocycles. The molecule has 2 aromatic rings. The molecule has 0 saturated carbocycles. The summed E-state index contributed by atoms with van der Waals surface area (Å²) < 4.78 is 10.6. The first-order chi connectivity index (χ1) is 11.1. The molecule has 2 rings (SSSR count). The monoisotopic (exact) mass is 332 g/mol. The Balaban J connectivity index is 2.40. The van der Waals surface area contributed by atoms with E-state index in [0.29, 0.717) is 22.7 Å². The Hall–Kier alpha value is -2.87. The first-order valence-corrected chi connectivity index (χ1v) is 7.01. The van der Waals surface area contributed by atoms with Crippen LogP contribution in [0.1, 0.15) is 10.4 Å². The predicted molar refractivity (Wildman–Crippen MR) is 90.5 cm³/mol. The van der Waals surface area contributed by atoms with E-state index in [4.69, 9.17) is 27.4 Å². The first-order valence-electron chi connectivity index (χ1n) is 6.60. The highest BCUT2D eigenvalue weighted by Crippen LogP contribution is 2.36. The summed E-state index contributed by atoms with van der Waals surface area (Å²) in [7, 11) is 3.00. The lowest BCUT2D eigenvalue weighted by atomic mass is 10.2. The lowest BCUT2D eigenvalue weighted by molar-refractivity contribution is 0.0954. The number of benzene rings is 1. The molecule has 3 N–H and O–H groups in total. The summed E-state index contributed by atoms with van der Waals surface area (Å²) in [6.45, 7) is 0. The van der Waals surface area contributed by atoms with Crippen molar-refractivity contribution in [3.05, 3.63) is 48.3 Å². The van der Waals surface area contributed by atoms with Crippen LogP contribution in [-0.4, -0.2) is 30.2 Å². The number of anilines is 1. The van der Waals surface area contributed by atoms with Crippen molar-refractivity contribution in [3.8, 4) is 11.5 Å². The molecule has 120 valence electrons. The van der Waals surface area contributed by atoms with Gasteiger partial charge in [-0.05, 0) is 36.5 Å². The van der Waals surface area contributed by atoms with Gasteiger partial charge < -0.3 is 15.2 Å². The second-order valence-electron chi connectivity index (χ2n) is 4.37. The zero-order valence-corrected chi connectivity index (χ0v) is 13.5. The largest absolute Gasteiger partial charge is 0.494 e. The van der Waals surface area contributed by atoms with Crippen LogP contribution in [0, 0.1) is 0 Å². The van der Waals surface area contributed by atoms with Gasteiger partial charge in [0.2, 0.25) is 0 Å². The molecule has 0 radical (unpaired) electrons. The van der Waals surface area contributed by atoms with Gasteiger partial charge in [0.05, 0.1) is 19.8 Å². The Bertz CT molecular complexity index is 687. The van der Waals surface area contributed by atoms with Crippen molar-refractivity contribution in [1.82, 2.24) is 10.4 Å². The van der Waals surface area contributed by atoms with E-state index < -0.39 is 5.91 Å². The number of hydrogen-bond donors (Lipinski definition) is 2. The minimum absolute atomic E-state index is 0.0648. The maximum absolute atomic E-state index is 12.3. The summed E-state index contributed by atoms with van der Waals surface area (Å²) in [6, 6.07) is 8.45. The summed E-state index contributed by atoms with van der Waals surface area (Å²) in [5, 5.41) is 1.17. The SMILES string of the molecule is COc1cccc(OC)c1N(NC(=O)c1cccnc1)C(N)=S. The number of amides is 1. The van der Waals surface area contributed by atoms with Crippen molar-refractivity contribution < 1.29 is 14.3 Å². The van der Waals surface area contributed by atoms with Crippen LogP contribution in [0.3, 0.4) is 0 Å². The Labute approximate surface area is 139 Å². The van der Waals surface area contributed by atoms with Gasteiger partial charge in [0.25, 0.3) is 5.91 Å². The van der Waals surface area contributed by atoms with Crippen LogP contribution >= 0.6 is 12.2 Å². The second kappa shape index (κ2) is 7.41. The fourth-order valence-corrected chi connectivity index (χ4v) is 2.07. The highest BCUT2D eigenvalue weighted by Gasteiger charge is 2.22. The number of nitrogens with one attached hydrogen (secondary N) is 1. The molecule has 0 fully saturated rings. The van der Waals surface area contributed by atoms with E-state index in [1.54, 1.807) is 36.5 Å². The fraction of sp³-hybridized carbons (Fsp3) is 0.133. The van der Waals surface area contributed by atoms with Crippen molar-refractivity contribution in [1.29, 1.82) is 0 Å². The normalized spacial score (nSPS) is 9.83. The number of rotatable bonds is 4. The third-order valence-corrected chi connectivity index (χ3v) is 3.17. The number of carbonyl (C=O) groups excluding carboxylic acids is 1. The van der Waals surface area contributed by atoms with Gasteiger partial charge in [-0.1, -0.05) is 6.07 Å². The van der Waals surface area contributed by atoms with Crippen molar-refractivity contribution in [2.24, 2.45) is 5.73 Å². The number of methoxy groups -OCH3 is 2. The van der Waals surface area contributed by atoms with E-state index in [1.807, 2.05) is 0 Å². The van der Waals surface area contributed by atoms with E-state index >= 15 is 0 Å². The molecule has 1 heterocycles. The van der Waals surface area contributed by atoms with E-state index in [2.05, 4.69) is 10.4 Å². The maximum Gasteiger partial charge on any atom is 0.271 e. The molecule has 7 nitrogen and oxygen atoms in total. The number of thiocarbonyl (C=S) groups is 1. The summed E-state index contributed by atoms with van der Waals surface area (Å²) in [5.41, 5.74) is 9.15. The molecule has 1 aromatic heterocycles. The minimum Gasteiger partial charge on any atom is -0.494 e. The van der Waals surface area contributed by atoms with Crippen LogP contribution in [0.5, 0.6) is 11.5 Å². The molecule has 0 bridgehead atoms. The Morgan fingerprint density at radius 3 is 2.35 bits per heavy atom. The molecule has 0 atom stereocenters. The van der Waals surface area contributed by atoms with E-state index in [1.165, 1.54) is 25.4 Å². The van der Waals surface area contributed by atoms with Gasteiger partial charge in [-0.15, -0.1) is 0 Å². The van der Waals surface area contributed by atoms with Crippen LogP contribution in [0.2, 0.25) is 0 Å².